The van der Waals surface area contributed by atoms with Crippen molar-refractivity contribution in [2.24, 2.45) is 5.41 Å². The molecule has 3 aliphatic rings. The zero-order chi connectivity index (χ0) is 22.3. The summed E-state index contributed by atoms with van der Waals surface area (Å²) in [6.45, 7) is 0.0224. The number of hydrogen-bond donors (Lipinski definition) is 2. The number of carbonyl (C=O) groups excluding carboxylic acids is 2. The number of ether oxygens (including phenoxy) is 1. The van der Waals surface area contributed by atoms with Crippen LogP contribution in [0.4, 0.5) is 0 Å². The van der Waals surface area contributed by atoms with Gasteiger partial charge in [0, 0.05) is 30.6 Å². The van der Waals surface area contributed by atoms with Crippen LogP contribution in [-0.2, 0) is 20.8 Å². The first-order valence-corrected chi connectivity index (χ1v) is 11.0. The van der Waals surface area contributed by atoms with Gasteiger partial charge < -0.3 is 19.8 Å². The van der Waals surface area contributed by atoms with E-state index in [1.54, 1.807) is 12.1 Å². The molecule has 0 aromatic heterocycles. The molecule has 0 bridgehead atoms. The maximum Gasteiger partial charge on any atom is 0.326 e. The summed E-state index contributed by atoms with van der Waals surface area (Å²) in [5, 5.41) is 19.3. The van der Waals surface area contributed by atoms with Gasteiger partial charge >= 0.3 is 5.97 Å². The molecule has 0 unspecified atom stereocenters. The predicted molar refractivity (Wildman–Crippen MR) is 114 cm³/mol. The molecule has 1 amide bonds. The number of ketones is 1. The molecule has 31 heavy (non-hydrogen) atoms. The van der Waals surface area contributed by atoms with Gasteiger partial charge in [0.1, 0.15) is 16.8 Å². The Morgan fingerprint density at radius 2 is 2.06 bits per heavy atom. The largest absolute Gasteiger partial charge is 0.482 e. The van der Waals surface area contributed by atoms with Crippen molar-refractivity contribution in [1.29, 1.82) is 0 Å². The molecule has 166 valence electrons. The first-order valence-electron chi connectivity index (χ1n) is 10.3. The van der Waals surface area contributed by atoms with Gasteiger partial charge in [0.05, 0.1) is 5.02 Å². The summed E-state index contributed by atoms with van der Waals surface area (Å²) < 4.78 is 5.68. The summed E-state index contributed by atoms with van der Waals surface area (Å²) in [5.74, 6) is -1.18. The Morgan fingerprint density at radius 3 is 2.77 bits per heavy atom. The minimum Gasteiger partial charge on any atom is -0.482 e. The number of aliphatic hydroxyl groups excluding tert-OH is 1. The number of likely N-dealkylation sites (tertiary alicyclic amines) is 1. The average Bonchev–Trinajstić information content (AvgIpc) is 3.33. The van der Waals surface area contributed by atoms with Gasteiger partial charge in [-0.1, -0.05) is 23.2 Å². The maximum absolute atomic E-state index is 12.5. The molecule has 4 rings (SSSR count). The zero-order valence-corrected chi connectivity index (χ0v) is 18.3. The van der Waals surface area contributed by atoms with Gasteiger partial charge in [0.2, 0.25) is 0 Å². The van der Waals surface area contributed by atoms with E-state index in [1.165, 1.54) is 4.90 Å². The monoisotopic (exact) mass is 467 g/mol. The molecule has 1 aromatic rings. The van der Waals surface area contributed by atoms with Crippen LogP contribution < -0.4 is 4.74 Å². The molecule has 7 nitrogen and oxygen atoms in total. The van der Waals surface area contributed by atoms with Crippen molar-refractivity contribution >= 4 is 46.4 Å². The highest BCUT2D eigenvalue weighted by atomic mass is 35.5. The SMILES string of the molecule is O=C1C=C2c3c(cc(OCC(=O)N4CCC[C@H]4C(=O)O)c(Cl)c3Cl)C[C@@]2(CCO)CC1. The van der Waals surface area contributed by atoms with Gasteiger partial charge in [-0.2, -0.15) is 0 Å². The van der Waals surface area contributed by atoms with Gasteiger partial charge in [0.15, 0.2) is 12.4 Å². The van der Waals surface area contributed by atoms with Crippen molar-refractivity contribution in [3.8, 4) is 5.75 Å². The molecule has 0 saturated carbocycles. The molecule has 1 heterocycles. The number of carbonyl (C=O) groups is 3. The normalized spacial score (nSPS) is 24.6. The van der Waals surface area contributed by atoms with Crippen molar-refractivity contribution in [2.75, 3.05) is 19.8 Å². The molecule has 2 atom stereocenters. The quantitative estimate of drug-likeness (QED) is 0.665. The Hall–Kier alpha value is -2.09. The fourth-order valence-electron chi connectivity index (χ4n) is 5.06. The number of nitrogens with zero attached hydrogens (tertiary/aromatic N) is 1. The lowest BCUT2D eigenvalue weighted by Crippen LogP contribution is -2.42. The Morgan fingerprint density at radius 1 is 1.29 bits per heavy atom. The number of rotatable bonds is 6. The molecule has 2 N–H and O–H groups in total. The Labute approximate surface area is 189 Å². The number of carboxylic acids is 1. The van der Waals surface area contributed by atoms with Crippen LogP contribution in [0.2, 0.25) is 10.0 Å². The highest BCUT2D eigenvalue weighted by molar-refractivity contribution is 6.44. The van der Waals surface area contributed by atoms with Crippen LogP contribution in [0.5, 0.6) is 5.75 Å². The van der Waals surface area contributed by atoms with Gasteiger partial charge in [-0.15, -0.1) is 0 Å². The third kappa shape index (κ3) is 3.83. The zero-order valence-electron chi connectivity index (χ0n) is 16.8. The third-order valence-electron chi connectivity index (χ3n) is 6.58. The van der Waals surface area contributed by atoms with Crippen LogP contribution in [0.1, 0.15) is 43.2 Å². The van der Waals surface area contributed by atoms with E-state index in [-0.39, 0.29) is 40.2 Å². The van der Waals surface area contributed by atoms with E-state index in [0.29, 0.717) is 50.6 Å². The number of halogens is 2. The van der Waals surface area contributed by atoms with Crippen molar-refractivity contribution in [2.45, 2.75) is 44.6 Å². The van der Waals surface area contributed by atoms with Gasteiger partial charge in [0.25, 0.3) is 5.91 Å². The number of carboxylic acid groups (broad SMARTS) is 1. The van der Waals surface area contributed by atoms with Gasteiger partial charge in [-0.3, -0.25) is 9.59 Å². The van der Waals surface area contributed by atoms with Crippen LogP contribution in [0.25, 0.3) is 5.57 Å². The standard InChI is InChI=1S/C22H23Cl2NO6/c23-19-16(31-11-17(28)25-6-1-2-15(25)21(29)30)8-12-10-22(5-7-26)4-3-13(27)9-14(22)18(12)20(19)24/h8-9,15,26H,1-7,10-11H2,(H,29,30)/t15-,22-/m0/s1. The first kappa shape index (κ1) is 22.1. The highest BCUT2D eigenvalue weighted by Gasteiger charge is 2.45. The number of hydrogen-bond acceptors (Lipinski definition) is 5. The van der Waals surface area contributed by atoms with Crippen LogP contribution in [0, 0.1) is 5.41 Å². The molecular formula is C22H23Cl2NO6. The van der Waals surface area contributed by atoms with E-state index in [9.17, 15) is 24.6 Å². The van der Waals surface area contributed by atoms with E-state index < -0.39 is 17.9 Å². The number of amides is 1. The smallest absolute Gasteiger partial charge is 0.326 e. The minimum absolute atomic E-state index is 0.0106. The van der Waals surface area contributed by atoms with E-state index in [0.717, 1.165) is 11.1 Å². The fourth-order valence-corrected chi connectivity index (χ4v) is 5.58. The summed E-state index contributed by atoms with van der Waals surface area (Å²) in [5.41, 5.74) is 2.01. The Bertz CT molecular complexity index is 991. The van der Waals surface area contributed by atoms with Crippen LogP contribution in [0.3, 0.4) is 0 Å². The third-order valence-corrected chi connectivity index (χ3v) is 7.43. The second kappa shape index (κ2) is 8.45. The second-order valence-corrected chi connectivity index (χ2v) is 9.12. The summed E-state index contributed by atoms with van der Waals surface area (Å²) in [4.78, 5) is 37.2. The molecular weight excluding hydrogens is 445 g/mol. The Balaban J connectivity index is 1.59. The first-order chi connectivity index (χ1) is 14.8. The molecule has 0 radical (unpaired) electrons. The molecule has 2 aliphatic carbocycles. The van der Waals surface area contributed by atoms with Crippen molar-refractivity contribution in [3.63, 3.8) is 0 Å². The van der Waals surface area contributed by atoms with E-state index in [2.05, 4.69) is 0 Å². The molecule has 1 saturated heterocycles. The molecule has 1 aliphatic heterocycles. The molecule has 1 fully saturated rings. The maximum atomic E-state index is 12.5. The van der Waals surface area contributed by atoms with Crippen molar-refractivity contribution in [3.05, 3.63) is 33.3 Å². The van der Waals surface area contributed by atoms with Gasteiger partial charge in [-0.05, 0) is 55.4 Å². The highest BCUT2D eigenvalue weighted by Crippen LogP contribution is 2.57. The molecule has 0 spiro atoms. The number of fused-ring (bicyclic) bond motifs is 3. The number of benzene rings is 1. The summed E-state index contributed by atoms with van der Waals surface area (Å²) in [6, 6.07) is 0.902. The fraction of sp³-hybridized carbons (Fsp3) is 0.500. The topological polar surface area (TPSA) is 104 Å². The van der Waals surface area contributed by atoms with Crippen LogP contribution >= 0.6 is 23.2 Å². The summed E-state index contributed by atoms with van der Waals surface area (Å²) >= 11 is 13.0. The van der Waals surface area contributed by atoms with Gasteiger partial charge in [-0.25, -0.2) is 4.79 Å². The lowest BCUT2D eigenvalue weighted by Gasteiger charge is -2.33. The van der Waals surface area contributed by atoms with E-state index >= 15 is 0 Å². The lowest BCUT2D eigenvalue weighted by atomic mass is 9.70. The molecule has 1 aromatic carbocycles. The summed E-state index contributed by atoms with van der Waals surface area (Å²) in [6.07, 6.45) is 4.81. The van der Waals surface area contributed by atoms with Crippen molar-refractivity contribution < 1.29 is 29.3 Å². The van der Waals surface area contributed by atoms with Crippen molar-refractivity contribution in [1.82, 2.24) is 4.90 Å². The van der Waals surface area contributed by atoms with Crippen LogP contribution in [-0.4, -0.2) is 58.6 Å². The number of aliphatic carboxylic acids is 1. The van der Waals surface area contributed by atoms with E-state index in [4.69, 9.17) is 27.9 Å². The predicted octanol–water partition coefficient (Wildman–Crippen LogP) is 3.12. The average molecular weight is 468 g/mol. The van der Waals surface area contributed by atoms with Crippen LogP contribution in [0.15, 0.2) is 12.1 Å². The second-order valence-electron chi connectivity index (χ2n) is 8.36. The number of aliphatic hydroxyl groups is 1. The number of allylic oxidation sites excluding steroid dienone is 2. The Kier molecular flexibility index (Phi) is 6.03. The summed E-state index contributed by atoms with van der Waals surface area (Å²) in [7, 11) is 0. The van der Waals surface area contributed by atoms with E-state index in [1.807, 2.05) is 0 Å². The lowest BCUT2D eigenvalue weighted by molar-refractivity contribution is -0.148. The molecule has 9 heteroatoms. The minimum atomic E-state index is -1.02.